The fraction of sp³-hybridized carbons (Fsp3) is 0.300. The van der Waals surface area contributed by atoms with Crippen LogP contribution >= 0.6 is 0 Å². The van der Waals surface area contributed by atoms with Crippen molar-refractivity contribution >= 4 is 0 Å². The minimum atomic E-state index is 0.181. The molecule has 12 heavy (non-hydrogen) atoms. The van der Waals surface area contributed by atoms with E-state index < -0.39 is 0 Å². The van der Waals surface area contributed by atoms with Crippen LogP contribution < -0.4 is 0 Å². The lowest BCUT2D eigenvalue weighted by Crippen LogP contribution is -1.92. The van der Waals surface area contributed by atoms with Crippen molar-refractivity contribution in [2.24, 2.45) is 0 Å². The first kappa shape index (κ1) is 8.61. The van der Waals surface area contributed by atoms with Crippen LogP contribution in [0.5, 0.6) is 5.75 Å². The third-order valence-electron chi connectivity index (χ3n) is 1.78. The molecule has 0 fully saturated rings. The first-order valence-corrected chi connectivity index (χ1v) is 3.88. The molecule has 0 aliphatic heterocycles. The predicted octanol–water partition coefficient (Wildman–Crippen LogP) is 2.39. The Kier molecular flexibility index (Phi) is 2.35. The van der Waals surface area contributed by atoms with Gasteiger partial charge in [-0.25, -0.2) is 0 Å². The molecule has 0 atom stereocenters. The van der Waals surface area contributed by atoms with Crippen molar-refractivity contribution in [1.29, 1.82) is 5.26 Å². The maximum atomic E-state index is 9.44. The van der Waals surface area contributed by atoms with Crippen LogP contribution in [0.3, 0.4) is 0 Å². The zero-order chi connectivity index (χ0) is 9.14. The molecule has 0 unspecified atom stereocenters. The first-order chi connectivity index (χ1) is 5.66. The Bertz CT molecular complexity index is 323. The van der Waals surface area contributed by atoms with Crippen LogP contribution in [0.15, 0.2) is 18.2 Å². The summed E-state index contributed by atoms with van der Waals surface area (Å²) < 4.78 is 0. The number of phenols is 1. The lowest BCUT2D eigenvalue weighted by molar-refractivity contribution is 0.464. The SMILES string of the molecule is CC(C)c1c(O)cccc1C#N. The van der Waals surface area contributed by atoms with Crippen LogP contribution in [0, 0.1) is 11.3 Å². The summed E-state index contributed by atoms with van der Waals surface area (Å²) in [6.45, 7) is 3.91. The van der Waals surface area contributed by atoms with Gasteiger partial charge in [0.1, 0.15) is 5.75 Å². The van der Waals surface area contributed by atoms with E-state index in [0.717, 1.165) is 5.56 Å². The Morgan fingerprint density at radius 1 is 1.42 bits per heavy atom. The molecule has 0 saturated heterocycles. The minimum Gasteiger partial charge on any atom is -0.508 e. The maximum absolute atomic E-state index is 9.44. The van der Waals surface area contributed by atoms with Crippen molar-refractivity contribution in [3.8, 4) is 11.8 Å². The van der Waals surface area contributed by atoms with Gasteiger partial charge in [0, 0.05) is 5.56 Å². The van der Waals surface area contributed by atoms with Gasteiger partial charge in [0.15, 0.2) is 0 Å². The summed E-state index contributed by atoms with van der Waals surface area (Å²) in [7, 11) is 0. The monoisotopic (exact) mass is 161 g/mol. The number of phenolic OH excluding ortho intramolecular Hbond substituents is 1. The van der Waals surface area contributed by atoms with Crippen molar-refractivity contribution in [2.75, 3.05) is 0 Å². The molecular formula is C10H11NO. The highest BCUT2D eigenvalue weighted by molar-refractivity contribution is 5.47. The van der Waals surface area contributed by atoms with E-state index in [1.807, 2.05) is 13.8 Å². The molecular weight excluding hydrogens is 150 g/mol. The average molecular weight is 161 g/mol. The Hall–Kier alpha value is -1.49. The fourth-order valence-corrected chi connectivity index (χ4v) is 1.26. The summed E-state index contributed by atoms with van der Waals surface area (Å²) >= 11 is 0. The zero-order valence-electron chi connectivity index (χ0n) is 7.20. The molecule has 0 aliphatic rings. The molecule has 1 aromatic carbocycles. The minimum absolute atomic E-state index is 0.181. The molecule has 0 heterocycles. The van der Waals surface area contributed by atoms with Gasteiger partial charge in [-0.3, -0.25) is 0 Å². The van der Waals surface area contributed by atoms with Gasteiger partial charge in [0.2, 0.25) is 0 Å². The molecule has 62 valence electrons. The Morgan fingerprint density at radius 2 is 2.08 bits per heavy atom. The Morgan fingerprint density at radius 3 is 2.50 bits per heavy atom. The van der Waals surface area contributed by atoms with Crippen LogP contribution in [-0.2, 0) is 0 Å². The molecule has 0 amide bonds. The quantitative estimate of drug-likeness (QED) is 0.687. The van der Waals surface area contributed by atoms with E-state index in [0.29, 0.717) is 5.56 Å². The normalized spacial score (nSPS) is 9.83. The largest absolute Gasteiger partial charge is 0.508 e. The van der Waals surface area contributed by atoms with Gasteiger partial charge in [-0.15, -0.1) is 0 Å². The summed E-state index contributed by atoms with van der Waals surface area (Å²) in [4.78, 5) is 0. The van der Waals surface area contributed by atoms with Crippen LogP contribution in [0.1, 0.15) is 30.9 Å². The summed E-state index contributed by atoms with van der Waals surface area (Å²) in [6.07, 6.45) is 0. The second kappa shape index (κ2) is 3.27. The van der Waals surface area contributed by atoms with Gasteiger partial charge in [-0.2, -0.15) is 5.26 Å². The number of hydrogen-bond acceptors (Lipinski definition) is 2. The summed E-state index contributed by atoms with van der Waals surface area (Å²) in [5, 5.41) is 18.2. The third kappa shape index (κ3) is 1.40. The third-order valence-corrected chi connectivity index (χ3v) is 1.78. The number of hydrogen-bond donors (Lipinski definition) is 1. The maximum Gasteiger partial charge on any atom is 0.120 e. The van der Waals surface area contributed by atoms with Crippen molar-refractivity contribution < 1.29 is 5.11 Å². The summed E-state index contributed by atoms with van der Waals surface area (Å²) in [5.41, 5.74) is 1.30. The topological polar surface area (TPSA) is 44.0 Å². The second-order valence-electron chi connectivity index (χ2n) is 3.00. The van der Waals surface area contributed by atoms with Gasteiger partial charge < -0.3 is 5.11 Å². The van der Waals surface area contributed by atoms with E-state index in [9.17, 15) is 5.11 Å². The number of nitrogens with zero attached hydrogens (tertiary/aromatic N) is 1. The van der Waals surface area contributed by atoms with Crippen molar-refractivity contribution in [1.82, 2.24) is 0 Å². The van der Waals surface area contributed by atoms with Crippen molar-refractivity contribution in [3.63, 3.8) is 0 Å². The van der Waals surface area contributed by atoms with Crippen molar-refractivity contribution in [2.45, 2.75) is 19.8 Å². The molecule has 0 spiro atoms. The van der Waals surface area contributed by atoms with Gasteiger partial charge in [0.25, 0.3) is 0 Å². The standard InChI is InChI=1S/C10H11NO/c1-7(2)10-8(6-11)4-3-5-9(10)12/h3-5,7,12H,1-2H3. The number of nitriles is 1. The molecule has 1 aromatic rings. The second-order valence-corrected chi connectivity index (χ2v) is 3.00. The Balaban J connectivity index is 3.32. The highest BCUT2D eigenvalue weighted by Gasteiger charge is 2.10. The van der Waals surface area contributed by atoms with Crippen LogP contribution in [0.4, 0.5) is 0 Å². The zero-order valence-corrected chi connectivity index (χ0v) is 7.20. The summed E-state index contributed by atoms with van der Waals surface area (Å²) in [5.74, 6) is 0.393. The number of benzene rings is 1. The highest BCUT2D eigenvalue weighted by Crippen LogP contribution is 2.27. The molecule has 0 aliphatic carbocycles. The highest BCUT2D eigenvalue weighted by atomic mass is 16.3. The molecule has 0 bridgehead atoms. The molecule has 1 rings (SSSR count). The molecule has 0 radical (unpaired) electrons. The lowest BCUT2D eigenvalue weighted by atomic mass is 9.97. The van der Waals surface area contributed by atoms with Gasteiger partial charge >= 0.3 is 0 Å². The molecule has 0 saturated carbocycles. The van der Waals surface area contributed by atoms with E-state index in [-0.39, 0.29) is 11.7 Å². The lowest BCUT2D eigenvalue weighted by Gasteiger charge is -2.08. The molecule has 1 N–H and O–H groups in total. The Labute approximate surface area is 72.1 Å². The van der Waals surface area contributed by atoms with Crippen LogP contribution in [0.2, 0.25) is 0 Å². The van der Waals surface area contributed by atoms with E-state index in [2.05, 4.69) is 6.07 Å². The summed E-state index contributed by atoms with van der Waals surface area (Å²) in [6, 6.07) is 7.06. The first-order valence-electron chi connectivity index (χ1n) is 3.88. The average Bonchev–Trinajstić information content (AvgIpc) is 2.03. The predicted molar refractivity (Wildman–Crippen MR) is 46.9 cm³/mol. The smallest absolute Gasteiger partial charge is 0.120 e. The van der Waals surface area contributed by atoms with Crippen LogP contribution in [-0.4, -0.2) is 5.11 Å². The number of aromatic hydroxyl groups is 1. The molecule has 2 heteroatoms. The van der Waals surface area contributed by atoms with E-state index >= 15 is 0 Å². The number of rotatable bonds is 1. The van der Waals surface area contributed by atoms with E-state index in [4.69, 9.17) is 5.26 Å². The van der Waals surface area contributed by atoms with Crippen LogP contribution in [0.25, 0.3) is 0 Å². The molecule has 2 nitrogen and oxygen atoms in total. The molecule has 0 aromatic heterocycles. The van der Waals surface area contributed by atoms with Gasteiger partial charge in [-0.1, -0.05) is 19.9 Å². The van der Waals surface area contributed by atoms with E-state index in [1.165, 1.54) is 0 Å². The fourth-order valence-electron chi connectivity index (χ4n) is 1.26. The van der Waals surface area contributed by atoms with Gasteiger partial charge in [0.05, 0.1) is 11.6 Å². The van der Waals surface area contributed by atoms with Gasteiger partial charge in [-0.05, 0) is 18.1 Å². The van der Waals surface area contributed by atoms with Crippen molar-refractivity contribution in [3.05, 3.63) is 29.3 Å². The van der Waals surface area contributed by atoms with E-state index in [1.54, 1.807) is 18.2 Å².